The van der Waals surface area contributed by atoms with Gasteiger partial charge in [-0.3, -0.25) is 4.79 Å². The summed E-state index contributed by atoms with van der Waals surface area (Å²) < 4.78 is 18.7. The van der Waals surface area contributed by atoms with Crippen molar-refractivity contribution in [1.29, 1.82) is 0 Å². The Morgan fingerprint density at radius 1 is 0.963 bits per heavy atom. The van der Waals surface area contributed by atoms with Gasteiger partial charge in [0.1, 0.15) is 0 Å². The number of ether oxygens (including phenoxy) is 3. The van der Waals surface area contributed by atoms with Gasteiger partial charge in [0.2, 0.25) is 5.76 Å². The maximum atomic E-state index is 12.0. The molecule has 142 valence electrons. The maximum Gasteiger partial charge on any atom is 0.377 e. The Labute approximate surface area is 153 Å². The van der Waals surface area contributed by atoms with Gasteiger partial charge in [0.15, 0.2) is 6.61 Å². The van der Waals surface area contributed by atoms with Crippen LogP contribution in [0.3, 0.4) is 0 Å². The smallest absolute Gasteiger partial charge is 0.377 e. The molecule has 2 rings (SSSR count). The maximum absolute atomic E-state index is 12.0. The van der Waals surface area contributed by atoms with E-state index in [2.05, 4.69) is 19.9 Å². The second-order valence-corrected chi connectivity index (χ2v) is 5.24. The highest BCUT2D eigenvalue weighted by Gasteiger charge is 2.17. The van der Waals surface area contributed by atoms with E-state index in [1.54, 1.807) is 6.92 Å². The number of nitrogens with zero attached hydrogens (tertiary/aromatic N) is 1. The fraction of sp³-hybridized carbons (Fsp3) is 0.235. The molecule has 0 spiro atoms. The minimum Gasteiger partial charge on any atom is -0.465 e. The zero-order valence-electron chi connectivity index (χ0n) is 14.7. The standard InChI is InChI=1S/C17H16N2O8/c1-9-4-13(27-19-9)17(23)26-8-14(20)18-12-6-10(15(21)24-2)5-11(7-12)16(22)25-3/h4-7H,8H2,1-3H3,(H,18,20). The number of rotatable bonds is 6. The molecule has 1 amide bonds. The zero-order chi connectivity index (χ0) is 20.0. The molecule has 1 N–H and O–H groups in total. The fourth-order valence-electron chi connectivity index (χ4n) is 2.03. The molecule has 0 aliphatic carbocycles. The summed E-state index contributed by atoms with van der Waals surface area (Å²) in [5, 5.41) is 5.95. The molecule has 0 atom stereocenters. The summed E-state index contributed by atoms with van der Waals surface area (Å²) in [5.74, 6) is -3.10. The van der Waals surface area contributed by atoms with E-state index in [-0.39, 0.29) is 22.6 Å². The number of hydrogen-bond acceptors (Lipinski definition) is 9. The van der Waals surface area contributed by atoms with Crippen LogP contribution in [-0.4, -0.2) is 49.8 Å². The summed E-state index contributed by atoms with van der Waals surface area (Å²) >= 11 is 0. The van der Waals surface area contributed by atoms with Crippen LogP contribution in [-0.2, 0) is 19.0 Å². The van der Waals surface area contributed by atoms with Crippen molar-refractivity contribution in [3.63, 3.8) is 0 Å². The second-order valence-electron chi connectivity index (χ2n) is 5.24. The van der Waals surface area contributed by atoms with E-state index in [1.807, 2.05) is 0 Å². The van der Waals surface area contributed by atoms with Crippen molar-refractivity contribution in [2.24, 2.45) is 0 Å². The quantitative estimate of drug-likeness (QED) is 0.585. The summed E-state index contributed by atoms with van der Waals surface area (Å²) in [6.45, 7) is 1.01. The van der Waals surface area contributed by atoms with Crippen LogP contribution in [0.15, 0.2) is 28.8 Å². The van der Waals surface area contributed by atoms with Gasteiger partial charge in [-0.15, -0.1) is 0 Å². The predicted molar refractivity (Wildman–Crippen MR) is 89.3 cm³/mol. The topological polar surface area (TPSA) is 134 Å². The predicted octanol–water partition coefficient (Wildman–Crippen LogP) is 1.35. The fourth-order valence-corrected chi connectivity index (χ4v) is 2.03. The second kappa shape index (κ2) is 8.61. The van der Waals surface area contributed by atoms with E-state index < -0.39 is 30.4 Å². The number of methoxy groups -OCH3 is 2. The largest absolute Gasteiger partial charge is 0.465 e. The molecule has 2 aromatic rings. The summed E-state index contributed by atoms with van der Waals surface area (Å²) in [6, 6.07) is 5.23. The Morgan fingerprint density at radius 2 is 1.56 bits per heavy atom. The van der Waals surface area contributed by atoms with E-state index >= 15 is 0 Å². The summed E-state index contributed by atoms with van der Waals surface area (Å²) in [7, 11) is 2.35. The number of carbonyl (C=O) groups is 4. The van der Waals surface area contributed by atoms with Crippen LogP contribution in [0.25, 0.3) is 0 Å². The first-order chi connectivity index (χ1) is 12.8. The molecule has 0 saturated carbocycles. The number of esters is 3. The normalized spacial score (nSPS) is 10.0. The molecule has 0 saturated heterocycles. The van der Waals surface area contributed by atoms with Gasteiger partial charge >= 0.3 is 17.9 Å². The minimum atomic E-state index is -0.857. The number of hydrogen-bond donors (Lipinski definition) is 1. The molecule has 0 aliphatic rings. The molecule has 0 bridgehead atoms. The van der Waals surface area contributed by atoms with E-state index in [4.69, 9.17) is 9.26 Å². The molecule has 0 fully saturated rings. The molecule has 1 aromatic carbocycles. The average molecular weight is 376 g/mol. The van der Waals surface area contributed by atoms with Crippen molar-refractivity contribution in [3.05, 3.63) is 46.8 Å². The molecular formula is C17H16N2O8. The molecule has 10 nitrogen and oxygen atoms in total. The van der Waals surface area contributed by atoms with Crippen LogP contribution in [0.1, 0.15) is 37.0 Å². The van der Waals surface area contributed by atoms with Gasteiger partial charge in [0.05, 0.1) is 31.0 Å². The molecule has 1 aromatic heterocycles. The lowest BCUT2D eigenvalue weighted by molar-refractivity contribution is -0.119. The molecule has 0 aliphatic heterocycles. The van der Waals surface area contributed by atoms with Gasteiger partial charge in [0, 0.05) is 11.8 Å². The lowest BCUT2D eigenvalue weighted by Crippen LogP contribution is -2.21. The van der Waals surface area contributed by atoms with Gasteiger partial charge in [-0.25, -0.2) is 14.4 Å². The average Bonchev–Trinajstić information content (AvgIpc) is 3.10. The minimum absolute atomic E-state index is 0.0322. The molecule has 0 radical (unpaired) electrons. The third-order valence-corrected chi connectivity index (χ3v) is 3.22. The van der Waals surface area contributed by atoms with Gasteiger partial charge in [0.25, 0.3) is 5.91 Å². The van der Waals surface area contributed by atoms with Gasteiger partial charge < -0.3 is 24.1 Å². The van der Waals surface area contributed by atoms with E-state index in [9.17, 15) is 19.2 Å². The first-order valence-electron chi connectivity index (χ1n) is 7.56. The Balaban J connectivity index is 2.08. The van der Waals surface area contributed by atoms with Gasteiger partial charge in [-0.05, 0) is 25.1 Å². The first kappa shape index (κ1) is 19.6. The molecule has 27 heavy (non-hydrogen) atoms. The van der Waals surface area contributed by atoms with Crippen LogP contribution >= 0.6 is 0 Å². The van der Waals surface area contributed by atoms with Crippen molar-refractivity contribution in [1.82, 2.24) is 5.16 Å². The van der Waals surface area contributed by atoms with Gasteiger partial charge in [-0.2, -0.15) is 0 Å². The number of carbonyl (C=O) groups excluding carboxylic acids is 4. The Bertz CT molecular complexity index is 853. The number of aryl methyl sites for hydroxylation is 1. The summed E-state index contributed by atoms with van der Waals surface area (Å²) in [4.78, 5) is 47.1. The van der Waals surface area contributed by atoms with Crippen LogP contribution < -0.4 is 5.32 Å². The first-order valence-corrected chi connectivity index (χ1v) is 7.56. The van der Waals surface area contributed by atoms with Gasteiger partial charge in [-0.1, -0.05) is 5.16 Å². The Hall–Kier alpha value is -3.69. The third-order valence-electron chi connectivity index (χ3n) is 3.22. The molecular weight excluding hydrogens is 360 g/mol. The van der Waals surface area contributed by atoms with Crippen LogP contribution in [0.5, 0.6) is 0 Å². The third kappa shape index (κ3) is 5.14. The van der Waals surface area contributed by atoms with Crippen LogP contribution in [0, 0.1) is 6.92 Å². The Kier molecular flexibility index (Phi) is 6.26. The van der Waals surface area contributed by atoms with E-state index in [0.29, 0.717) is 5.69 Å². The van der Waals surface area contributed by atoms with Crippen molar-refractivity contribution < 1.29 is 37.9 Å². The van der Waals surface area contributed by atoms with E-state index in [0.717, 1.165) is 0 Å². The lowest BCUT2D eigenvalue weighted by Gasteiger charge is -2.09. The number of amides is 1. The van der Waals surface area contributed by atoms with E-state index in [1.165, 1.54) is 38.5 Å². The summed E-state index contributed by atoms with van der Waals surface area (Å²) in [5.41, 5.74) is 0.672. The lowest BCUT2D eigenvalue weighted by atomic mass is 10.1. The van der Waals surface area contributed by atoms with Crippen molar-refractivity contribution in [2.45, 2.75) is 6.92 Å². The molecule has 10 heteroatoms. The number of aromatic nitrogens is 1. The number of benzene rings is 1. The SMILES string of the molecule is COC(=O)c1cc(NC(=O)COC(=O)c2cc(C)no2)cc(C(=O)OC)c1. The van der Waals surface area contributed by atoms with Crippen LogP contribution in [0.2, 0.25) is 0 Å². The Morgan fingerprint density at radius 3 is 2.04 bits per heavy atom. The highest BCUT2D eigenvalue weighted by atomic mass is 16.6. The monoisotopic (exact) mass is 376 g/mol. The highest BCUT2D eigenvalue weighted by molar-refractivity contribution is 6.00. The summed E-state index contributed by atoms with van der Waals surface area (Å²) in [6.07, 6.45) is 0. The van der Waals surface area contributed by atoms with Crippen molar-refractivity contribution in [2.75, 3.05) is 26.1 Å². The molecule has 0 unspecified atom stereocenters. The zero-order valence-corrected chi connectivity index (χ0v) is 14.7. The number of nitrogens with one attached hydrogen (secondary N) is 1. The van der Waals surface area contributed by atoms with Crippen molar-refractivity contribution in [3.8, 4) is 0 Å². The highest BCUT2D eigenvalue weighted by Crippen LogP contribution is 2.17. The van der Waals surface area contributed by atoms with Crippen LogP contribution in [0.4, 0.5) is 5.69 Å². The molecule has 1 heterocycles. The van der Waals surface area contributed by atoms with Crippen molar-refractivity contribution >= 4 is 29.5 Å². The number of anilines is 1.